The minimum atomic E-state index is 0.249. The topological polar surface area (TPSA) is 38.8 Å². The summed E-state index contributed by atoms with van der Waals surface area (Å²) < 4.78 is 10.7. The fraction of sp³-hybridized carbons (Fsp3) is 0.389. The monoisotopic (exact) mass is 329 g/mol. The molecule has 0 saturated carbocycles. The molecule has 5 heteroatoms. The van der Waals surface area contributed by atoms with Crippen molar-refractivity contribution in [1.29, 1.82) is 0 Å². The molecule has 1 saturated heterocycles. The lowest BCUT2D eigenvalue weighted by Gasteiger charge is -2.24. The van der Waals surface area contributed by atoms with Crippen molar-refractivity contribution in [3.63, 3.8) is 0 Å². The minimum absolute atomic E-state index is 0.249. The van der Waals surface area contributed by atoms with Crippen LogP contribution in [0.15, 0.2) is 35.7 Å². The predicted molar refractivity (Wildman–Crippen MR) is 88.9 cm³/mol. The molecule has 4 nitrogen and oxygen atoms in total. The number of ether oxygens (including phenoxy) is 2. The molecular formula is C18H19NO3S. The van der Waals surface area contributed by atoms with Crippen molar-refractivity contribution in [2.75, 3.05) is 13.3 Å². The van der Waals surface area contributed by atoms with E-state index >= 15 is 0 Å². The molecular weight excluding hydrogens is 310 g/mol. The highest BCUT2D eigenvalue weighted by Crippen LogP contribution is 2.35. The third-order valence-corrected chi connectivity index (χ3v) is 5.48. The maximum absolute atomic E-state index is 12.6. The molecule has 2 aromatic rings. The summed E-state index contributed by atoms with van der Waals surface area (Å²) in [6.07, 6.45) is 3.46. The molecule has 23 heavy (non-hydrogen) atoms. The fourth-order valence-electron chi connectivity index (χ4n) is 3.33. The van der Waals surface area contributed by atoms with Gasteiger partial charge in [0.25, 0.3) is 0 Å². The first kappa shape index (κ1) is 14.6. The largest absolute Gasteiger partial charge is 0.454 e. The van der Waals surface area contributed by atoms with E-state index in [0.29, 0.717) is 6.42 Å². The van der Waals surface area contributed by atoms with Gasteiger partial charge in [0.1, 0.15) is 0 Å². The van der Waals surface area contributed by atoms with Gasteiger partial charge < -0.3 is 14.4 Å². The second-order valence-electron chi connectivity index (χ2n) is 5.95. The molecule has 0 radical (unpaired) electrons. The summed E-state index contributed by atoms with van der Waals surface area (Å²) in [7, 11) is 0. The number of carbonyl (C=O) groups excluding carboxylic acids is 1. The average molecular weight is 329 g/mol. The zero-order valence-corrected chi connectivity index (χ0v) is 13.7. The van der Waals surface area contributed by atoms with E-state index in [1.165, 1.54) is 4.88 Å². The molecule has 1 aromatic heterocycles. The molecule has 1 atom stereocenters. The van der Waals surface area contributed by atoms with E-state index in [-0.39, 0.29) is 18.7 Å². The van der Waals surface area contributed by atoms with Crippen LogP contribution in [0.2, 0.25) is 0 Å². The van der Waals surface area contributed by atoms with Gasteiger partial charge in [-0.05, 0) is 48.4 Å². The number of nitrogens with zero attached hydrogens (tertiary/aromatic N) is 1. The quantitative estimate of drug-likeness (QED) is 0.857. The maximum atomic E-state index is 12.6. The smallest absolute Gasteiger partial charge is 0.231 e. The van der Waals surface area contributed by atoms with E-state index in [1.807, 2.05) is 18.2 Å². The number of rotatable bonds is 4. The van der Waals surface area contributed by atoms with Crippen LogP contribution in [0.5, 0.6) is 11.5 Å². The Kier molecular flexibility index (Phi) is 3.95. The third-order valence-electron chi connectivity index (χ3n) is 4.51. The summed E-state index contributed by atoms with van der Waals surface area (Å²) in [6, 6.07) is 10.4. The highest BCUT2D eigenvalue weighted by Gasteiger charge is 2.30. The first-order valence-electron chi connectivity index (χ1n) is 8.02. The standard InChI is InChI=1S/C18H19NO3S/c20-18(19-9-1-3-14(19)17-4-2-10-23-17)8-6-13-5-7-15-16(11-13)22-12-21-15/h2,4-5,7,10-11,14H,1,3,6,8-9,12H2/t14-/m1/s1. The van der Waals surface area contributed by atoms with Crippen molar-refractivity contribution in [2.24, 2.45) is 0 Å². The van der Waals surface area contributed by atoms with E-state index in [2.05, 4.69) is 22.4 Å². The Balaban J connectivity index is 1.40. The van der Waals surface area contributed by atoms with Gasteiger partial charge in [0.05, 0.1) is 6.04 Å². The number of thiophene rings is 1. The van der Waals surface area contributed by atoms with E-state index in [9.17, 15) is 4.79 Å². The van der Waals surface area contributed by atoms with Gasteiger partial charge in [-0.25, -0.2) is 0 Å². The number of likely N-dealkylation sites (tertiary alicyclic amines) is 1. The van der Waals surface area contributed by atoms with Crippen LogP contribution >= 0.6 is 11.3 Å². The van der Waals surface area contributed by atoms with Crippen molar-refractivity contribution in [3.8, 4) is 11.5 Å². The first-order valence-corrected chi connectivity index (χ1v) is 8.90. The van der Waals surface area contributed by atoms with Crippen molar-refractivity contribution >= 4 is 17.2 Å². The molecule has 0 unspecified atom stereocenters. The molecule has 4 rings (SSSR count). The zero-order chi connectivity index (χ0) is 15.6. The van der Waals surface area contributed by atoms with Crippen LogP contribution < -0.4 is 9.47 Å². The van der Waals surface area contributed by atoms with Gasteiger partial charge in [-0.3, -0.25) is 4.79 Å². The number of hydrogen-bond donors (Lipinski definition) is 0. The number of aryl methyl sites for hydroxylation is 1. The summed E-state index contributed by atoms with van der Waals surface area (Å²) >= 11 is 1.74. The van der Waals surface area contributed by atoms with E-state index in [0.717, 1.165) is 42.9 Å². The second-order valence-corrected chi connectivity index (χ2v) is 6.93. The van der Waals surface area contributed by atoms with Crippen molar-refractivity contribution in [3.05, 3.63) is 46.2 Å². The van der Waals surface area contributed by atoms with Crippen molar-refractivity contribution < 1.29 is 14.3 Å². The average Bonchev–Trinajstić information content (AvgIpc) is 3.32. The van der Waals surface area contributed by atoms with Crippen molar-refractivity contribution in [2.45, 2.75) is 31.7 Å². The number of fused-ring (bicyclic) bond motifs is 1. The number of benzene rings is 1. The van der Waals surface area contributed by atoms with Gasteiger partial charge in [-0.2, -0.15) is 0 Å². The Morgan fingerprint density at radius 1 is 1.26 bits per heavy atom. The Morgan fingerprint density at radius 2 is 2.17 bits per heavy atom. The summed E-state index contributed by atoms with van der Waals surface area (Å²) in [5.74, 6) is 1.82. The maximum Gasteiger partial charge on any atom is 0.231 e. The minimum Gasteiger partial charge on any atom is -0.454 e. The summed E-state index contributed by atoms with van der Waals surface area (Å²) in [4.78, 5) is 16.0. The van der Waals surface area contributed by atoms with Crippen LogP contribution in [-0.4, -0.2) is 24.1 Å². The third kappa shape index (κ3) is 2.93. The van der Waals surface area contributed by atoms with Crippen LogP contribution in [0.4, 0.5) is 0 Å². The normalized spacial score (nSPS) is 19.3. The molecule has 0 aliphatic carbocycles. The Labute approximate surface area is 139 Å². The predicted octanol–water partition coefficient (Wildman–Crippen LogP) is 3.77. The molecule has 1 aromatic carbocycles. The lowest BCUT2D eigenvalue weighted by molar-refractivity contribution is -0.132. The van der Waals surface area contributed by atoms with Gasteiger partial charge >= 0.3 is 0 Å². The number of carbonyl (C=O) groups is 1. The second kappa shape index (κ2) is 6.24. The molecule has 3 heterocycles. The van der Waals surface area contributed by atoms with Gasteiger partial charge in [0, 0.05) is 17.8 Å². The Bertz CT molecular complexity index is 698. The first-order chi connectivity index (χ1) is 11.3. The number of hydrogen-bond acceptors (Lipinski definition) is 4. The van der Waals surface area contributed by atoms with Crippen LogP contribution in [-0.2, 0) is 11.2 Å². The molecule has 0 N–H and O–H groups in total. The van der Waals surface area contributed by atoms with E-state index < -0.39 is 0 Å². The van der Waals surface area contributed by atoms with Crippen LogP contribution in [0.25, 0.3) is 0 Å². The highest BCUT2D eigenvalue weighted by molar-refractivity contribution is 7.10. The van der Waals surface area contributed by atoms with Crippen LogP contribution in [0, 0.1) is 0 Å². The molecule has 1 fully saturated rings. The van der Waals surface area contributed by atoms with E-state index in [1.54, 1.807) is 11.3 Å². The SMILES string of the molecule is O=C(CCc1ccc2c(c1)OCO2)N1CCC[C@@H]1c1cccs1. The highest BCUT2D eigenvalue weighted by atomic mass is 32.1. The summed E-state index contributed by atoms with van der Waals surface area (Å²) in [5, 5.41) is 2.09. The summed E-state index contributed by atoms with van der Waals surface area (Å²) in [6.45, 7) is 1.16. The number of amides is 1. The van der Waals surface area contributed by atoms with Crippen LogP contribution in [0.3, 0.4) is 0 Å². The molecule has 1 amide bonds. The zero-order valence-electron chi connectivity index (χ0n) is 12.9. The van der Waals surface area contributed by atoms with E-state index in [4.69, 9.17) is 9.47 Å². The van der Waals surface area contributed by atoms with Gasteiger partial charge in [0.2, 0.25) is 12.7 Å². The lowest BCUT2D eigenvalue weighted by atomic mass is 10.1. The molecule has 120 valence electrons. The molecule has 0 spiro atoms. The molecule has 0 bridgehead atoms. The van der Waals surface area contributed by atoms with Gasteiger partial charge in [-0.15, -0.1) is 11.3 Å². The van der Waals surface area contributed by atoms with Gasteiger partial charge in [-0.1, -0.05) is 12.1 Å². The fourth-order valence-corrected chi connectivity index (χ4v) is 4.21. The van der Waals surface area contributed by atoms with Crippen LogP contribution in [0.1, 0.15) is 35.7 Å². The molecule has 2 aliphatic rings. The lowest BCUT2D eigenvalue weighted by Crippen LogP contribution is -2.30. The Morgan fingerprint density at radius 3 is 3.04 bits per heavy atom. The molecule has 2 aliphatic heterocycles. The van der Waals surface area contributed by atoms with Crippen molar-refractivity contribution in [1.82, 2.24) is 4.90 Å². The Hall–Kier alpha value is -2.01. The van der Waals surface area contributed by atoms with Gasteiger partial charge in [0.15, 0.2) is 11.5 Å². The summed E-state index contributed by atoms with van der Waals surface area (Å²) in [5.41, 5.74) is 1.12.